The fourth-order valence-corrected chi connectivity index (χ4v) is 2.12. The van der Waals surface area contributed by atoms with Crippen molar-refractivity contribution < 1.29 is 0 Å². The van der Waals surface area contributed by atoms with Crippen molar-refractivity contribution >= 4 is 5.82 Å². The van der Waals surface area contributed by atoms with E-state index in [4.69, 9.17) is 5.73 Å². The number of nitrogens with zero attached hydrogens (tertiary/aromatic N) is 3. The van der Waals surface area contributed by atoms with E-state index < -0.39 is 0 Å². The van der Waals surface area contributed by atoms with Gasteiger partial charge in [0.05, 0.1) is 17.0 Å². The first-order chi connectivity index (χ1) is 9.30. The fraction of sp³-hybridized carbons (Fsp3) is 0.500. The van der Waals surface area contributed by atoms with Gasteiger partial charge in [-0.2, -0.15) is 5.10 Å². The van der Waals surface area contributed by atoms with E-state index in [1.807, 2.05) is 25.2 Å². The van der Waals surface area contributed by atoms with Crippen LogP contribution in [0, 0.1) is 11.3 Å². The molecule has 0 aliphatic rings. The second kappa shape index (κ2) is 5.27. The van der Waals surface area contributed by atoms with Gasteiger partial charge >= 0.3 is 0 Å². The molecule has 0 amide bonds. The summed E-state index contributed by atoms with van der Waals surface area (Å²) in [5, 5.41) is 4.59. The smallest absolute Gasteiger partial charge is 0.131 e. The summed E-state index contributed by atoms with van der Waals surface area (Å²) in [6, 6.07) is 5.87. The third-order valence-corrected chi connectivity index (χ3v) is 4.06. The first-order valence-electron chi connectivity index (χ1n) is 7.03. The molecule has 0 aliphatic heterocycles. The molecule has 0 bridgehead atoms. The largest absolute Gasteiger partial charge is 0.383 e. The molecule has 1 atom stereocenters. The normalized spacial score (nSPS) is 13.4. The predicted molar refractivity (Wildman–Crippen MR) is 83.2 cm³/mol. The quantitative estimate of drug-likeness (QED) is 0.932. The van der Waals surface area contributed by atoms with Crippen LogP contribution < -0.4 is 5.73 Å². The lowest BCUT2D eigenvalue weighted by molar-refractivity contribution is 0.258. The minimum atomic E-state index is 0.244. The maximum Gasteiger partial charge on any atom is 0.131 e. The van der Waals surface area contributed by atoms with Gasteiger partial charge in [0, 0.05) is 13.2 Å². The van der Waals surface area contributed by atoms with Crippen LogP contribution in [0.25, 0.3) is 11.3 Å². The number of hydrogen-bond acceptors (Lipinski definition) is 3. The van der Waals surface area contributed by atoms with E-state index in [1.165, 1.54) is 0 Å². The highest BCUT2D eigenvalue weighted by Crippen LogP contribution is 2.33. The minimum Gasteiger partial charge on any atom is -0.383 e. The summed E-state index contributed by atoms with van der Waals surface area (Å²) >= 11 is 0. The van der Waals surface area contributed by atoms with Gasteiger partial charge in [-0.1, -0.05) is 33.8 Å². The van der Waals surface area contributed by atoms with E-state index in [-0.39, 0.29) is 5.41 Å². The Morgan fingerprint density at radius 3 is 2.55 bits per heavy atom. The Labute approximate surface area is 121 Å². The lowest BCUT2D eigenvalue weighted by Crippen LogP contribution is -2.20. The molecule has 2 N–H and O–H groups in total. The average molecular weight is 272 g/mol. The number of aryl methyl sites for hydroxylation is 1. The Morgan fingerprint density at radius 1 is 1.30 bits per heavy atom. The molecule has 4 heteroatoms. The molecule has 0 aromatic carbocycles. The van der Waals surface area contributed by atoms with Crippen molar-refractivity contribution in [1.82, 2.24) is 14.8 Å². The van der Waals surface area contributed by atoms with Crippen molar-refractivity contribution in [2.24, 2.45) is 18.4 Å². The zero-order valence-corrected chi connectivity index (χ0v) is 13.0. The van der Waals surface area contributed by atoms with Crippen molar-refractivity contribution in [3.63, 3.8) is 0 Å². The first-order valence-corrected chi connectivity index (χ1v) is 7.03. The zero-order chi connectivity index (χ0) is 14.9. The molecule has 0 fully saturated rings. The molecule has 108 valence electrons. The minimum absolute atomic E-state index is 0.244. The second-order valence-electron chi connectivity index (χ2n) is 6.52. The van der Waals surface area contributed by atoms with Crippen molar-refractivity contribution in [3.8, 4) is 11.3 Å². The maximum absolute atomic E-state index is 6.18. The number of pyridine rings is 1. The number of hydrogen-bond donors (Lipinski definition) is 1. The Bertz CT molecular complexity index is 579. The summed E-state index contributed by atoms with van der Waals surface area (Å²) in [6.45, 7) is 9.02. The van der Waals surface area contributed by atoms with Crippen LogP contribution in [0.2, 0.25) is 0 Å². The molecule has 0 spiro atoms. The Morgan fingerprint density at radius 2 is 2.00 bits per heavy atom. The first kappa shape index (κ1) is 14.6. The van der Waals surface area contributed by atoms with Gasteiger partial charge in [-0.25, -0.2) is 0 Å². The van der Waals surface area contributed by atoms with Crippen LogP contribution in [0.4, 0.5) is 5.82 Å². The molecule has 4 nitrogen and oxygen atoms in total. The molecule has 0 saturated heterocycles. The average Bonchev–Trinajstić information content (AvgIpc) is 2.65. The van der Waals surface area contributed by atoms with Gasteiger partial charge in [-0.3, -0.25) is 9.67 Å². The van der Waals surface area contributed by atoms with Gasteiger partial charge in [-0.05, 0) is 29.9 Å². The molecule has 20 heavy (non-hydrogen) atoms. The summed E-state index contributed by atoms with van der Waals surface area (Å²) < 4.78 is 1.74. The Kier molecular flexibility index (Phi) is 3.84. The van der Waals surface area contributed by atoms with E-state index in [9.17, 15) is 0 Å². The van der Waals surface area contributed by atoms with Crippen LogP contribution in [0.1, 0.15) is 33.4 Å². The van der Waals surface area contributed by atoms with Gasteiger partial charge in [0.2, 0.25) is 0 Å². The lowest BCUT2D eigenvalue weighted by atomic mass is 9.79. The van der Waals surface area contributed by atoms with Gasteiger partial charge in [0.15, 0.2) is 0 Å². The summed E-state index contributed by atoms with van der Waals surface area (Å²) in [6.07, 6.45) is 2.69. The topological polar surface area (TPSA) is 56.7 Å². The molecule has 2 aromatic heterocycles. The third kappa shape index (κ3) is 2.84. The molecule has 2 rings (SSSR count). The van der Waals surface area contributed by atoms with Gasteiger partial charge in [0.25, 0.3) is 0 Å². The van der Waals surface area contributed by atoms with Crippen molar-refractivity contribution in [2.45, 2.75) is 34.1 Å². The molecule has 1 unspecified atom stereocenters. The molecule has 2 aromatic rings. The molecular weight excluding hydrogens is 248 g/mol. The van der Waals surface area contributed by atoms with Gasteiger partial charge in [-0.15, -0.1) is 0 Å². The number of aromatic nitrogens is 3. The number of nitrogen functional groups attached to an aromatic ring is 1. The fourth-order valence-electron chi connectivity index (χ4n) is 2.12. The number of anilines is 1. The summed E-state index contributed by atoms with van der Waals surface area (Å²) in [4.78, 5) is 4.42. The van der Waals surface area contributed by atoms with Crippen LogP contribution in [0.15, 0.2) is 24.4 Å². The number of nitrogens with two attached hydrogens (primary N) is 1. The molecule has 2 heterocycles. The summed E-state index contributed by atoms with van der Waals surface area (Å²) in [7, 11) is 1.88. The zero-order valence-electron chi connectivity index (χ0n) is 13.0. The Balaban J connectivity index is 2.43. The van der Waals surface area contributed by atoms with Crippen molar-refractivity contribution in [3.05, 3.63) is 30.1 Å². The molecule has 0 saturated carbocycles. The van der Waals surface area contributed by atoms with Crippen LogP contribution in [0.3, 0.4) is 0 Å². The molecule has 0 radical (unpaired) electrons. The van der Waals surface area contributed by atoms with Gasteiger partial charge in [0.1, 0.15) is 5.82 Å². The summed E-state index contributed by atoms with van der Waals surface area (Å²) in [5.74, 6) is 1.19. The van der Waals surface area contributed by atoms with E-state index in [0.717, 1.165) is 23.4 Å². The van der Waals surface area contributed by atoms with E-state index in [1.54, 1.807) is 10.9 Å². The van der Waals surface area contributed by atoms with E-state index in [2.05, 4.69) is 37.8 Å². The number of rotatable bonds is 3. The van der Waals surface area contributed by atoms with E-state index in [0.29, 0.717) is 11.7 Å². The standard InChI is InChI=1S/C16H24N4/c1-11(16(2,3)4)10-13-14(15(17)20(5)19-13)12-8-6-7-9-18-12/h6-9,11H,10,17H2,1-5H3. The second-order valence-corrected chi connectivity index (χ2v) is 6.52. The molecule has 0 aliphatic carbocycles. The van der Waals surface area contributed by atoms with Crippen LogP contribution in [-0.4, -0.2) is 14.8 Å². The monoisotopic (exact) mass is 272 g/mol. The Hall–Kier alpha value is -1.84. The van der Waals surface area contributed by atoms with Gasteiger partial charge < -0.3 is 5.73 Å². The predicted octanol–water partition coefficient (Wildman–Crippen LogP) is 3.29. The van der Waals surface area contributed by atoms with Crippen molar-refractivity contribution in [1.29, 1.82) is 0 Å². The highest BCUT2D eigenvalue weighted by atomic mass is 15.3. The van der Waals surface area contributed by atoms with Crippen molar-refractivity contribution in [2.75, 3.05) is 5.73 Å². The SMILES string of the molecule is CC(Cc1nn(C)c(N)c1-c1ccccn1)C(C)(C)C. The third-order valence-electron chi connectivity index (χ3n) is 4.06. The van der Waals surface area contributed by atoms with Crippen LogP contribution >= 0.6 is 0 Å². The van der Waals surface area contributed by atoms with Crippen LogP contribution in [-0.2, 0) is 13.5 Å². The van der Waals surface area contributed by atoms with Crippen LogP contribution in [0.5, 0.6) is 0 Å². The maximum atomic E-state index is 6.18. The summed E-state index contributed by atoms with van der Waals surface area (Å²) in [5.41, 5.74) is 9.33. The lowest BCUT2D eigenvalue weighted by Gasteiger charge is -2.26. The highest BCUT2D eigenvalue weighted by molar-refractivity contribution is 5.73. The highest BCUT2D eigenvalue weighted by Gasteiger charge is 2.24. The van der Waals surface area contributed by atoms with E-state index >= 15 is 0 Å². The molecular formula is C16H24N4.